The molecule has 2 rings (SSSR count). The molecule has 0 aliphatic heterocycles. The van der Waals surface area contributed by atoms with E-state index >= 15 is 0 Å². The van der Waals surface area contributed by atoms with E-state index in [1.807, 2.05) is 7.05 Å². The molecule has 0 bridgehead atoms. The van der Waals surface area contributed by atoms with Crippen LogP contribution in [0, 0.1) is 5.92 Å². The summed E-state index contributed by atoms with van der Waals surface area (Å²) < 4.78 is 24.0. The summed E-state index contributed by atoms with van der Waals surface area (Å²) in [4.78, 5) is 0. The predicted molar refractivity (Wildman–Crippen MR) is 78.3 cm³/mol. The molecule has 2 aliphatic rings. The molecule has 0 aromatic rings. The van der Waals surface area contributed by atoms with Crippen LogP contribution in [-0.2, 0) is 10.0 Å². The molecule has 2 fully saturated rings. The van der Waals surface area contributed by atoms with E-state index < -0.39 is 14.8 Å². The Bertz CT molecular complexity index is 390. The third-order valence-corrected chi connectivity index (χ3v) is 7.27. The summed E-state index contributed by atoms with van der Waals surface area (Å²) >= 11 is 0. The van der Waals surface area contributed by atoms with Crippen molar-refractivity contribution in [2.45, 2.75) is 75.0 Å². The summed E-state index contributed by atoms with van der Waals surface area (Å²) in [7, 11) is -1.50. The van der Waals surface area contributed by atoms with Crippen molar-refractivity contribution in [2.75, 3.05) is 7.05 Å². The molecular formula is C14H28N2O2S. The number of nitrogens with one attached hydrogen (secondary N) is 1. The van der Waals surface area contributed by atoms with Crippen LogP contribution >= 0.6 is 0 Å². The van der Waals surface area contributed by atoms with Gasteiger partial charge in [0.2, 0.25) is 10.0 Å². The number of hydrogen-bond acceptors (Lipinski definition) is 3. The molecule has 0 amide bonds. The first-order valence-corrected chi connectivity index (χ1v) is 9.24. The van der Waals surface area contributed by atoms with Crippen LogP contribution in [0.1, 0.15) is 64.2 Å². The van der Waals surface area contributed by atoms with Crippen LogP contribution in [0.3, 0.4) is 0 Å². The van der Waals surface area contributed by atoms with E-state index in [-0.39, 0.29) is 5.92 Å². The predicted octanol–water partition coefficient (Wildman–Crippen LogP) is 2.15. The molecule has 2 unspecified atom stereocenters. The Morgan fingerprint density at radius 3 is 2.26 bits per heavy atom. The van der Waals surface area contributed by atoms with E-state index in [0.717, 1.165) is 57.8 Å². The second-order valence-electron chi connectivity index (χ2n) is 6.36. The number of hydrogen-bond donors (Lipinski definition) is 2. The average Bonchev–Trinajstić information content (AvgIpc) is 2.62. The lowest BCUT2D eigenvalue weighted by Gasteiger charge is -2.40. The second-order valence-corrected chi connectivity index (χ2v) is 8.26. The quantitative estimate of drug-likeness (QED) is 0.782. The van der Waals surface area contributed by atoms with Crippen LogP contribution in [0.5, 0.6) is 0 Å². The molecule has 2 atom stereocenters. The molecule has 2 saturated carbocycles. The molecule has 19 heavy (non-hydrogen) atoms. The van der Waals surface area contributed by atoms with Crippen molar-refractivity contribution in [3.8, 4) is 0 Å². The standard InChI is InChI=1S/C14H28N2O2S/c1-16-13-8-5-10-14(11-9-13,19(15,17)18)12-6-3-2-4-7-12/h12-13,16H,2-11H2,1H3,(H2,15,17,18). The van der Waals surface area contributed by atoms with Gasteiger partial charge in [-0.25, -0.2) is 13.6 Å². The molecular weight excluding hydrogens is 260 g/mol. The van der Waals surface area contributed by atoms with Gasteiger partial charge in [0.15, 0.2) is 0 Å². The van der Waals surface area contributed by atoms with Gasteiger partial charge in [-0.05, 0) is 51.5 Å². The van der Waals surface area contributed by atoms with Crippen LogP contribution in [0.25, 0.3) is 0 Å². The highest BCUT2D eigenvalue weighted by molar-refractivity contribution is 7.90. The van der Waals surface area contributed by atoms with Crippen LogP contribution in [0.15, 0.2) is 0 Å². The fourth-order valence-electron chi connectivity index (χ4n) is 4.18. The fourth-order valence-corrected chi connectivity index (χ4v) is 5.71. The van der Waals surface area contributed by atoms with Crippen molar-refractivity contribution >= 4 is 10.0 Å². The molecule has 2 aliphatic carbocycles. The van der Waals surface area contributed by atoms with Gasteiger partial charge in [0.05, 0.1) is 4.75 Å². The second kappa shape index (κ2) is 6.10. The van der Waals surface area contributed by atoms with Crippen LogP contribution in [-0.4, -0.2) is 26.3 Å². The van der Waals surface area contributed by atoms with Gasteiger partial charge in [-0.2, -0.15) is 0 Å². The largest absolute Gasteiger partial charge is 0.317 e. The smallest absolute Gasteiger partial charge is 0.215 e. The van der Waals surface area contributed by atoms with E-state index in [4.69, 9.17) is 5.14 Å². The van der Waals surface area contributed by atoms with Gasteiger partial charge in [0.25, 0.3) is 0 Å². The van der Waals surface area contributed by atoms with Crippen molar-refractivity contribution < 1.29 is 8.42 Å². The first-order valence-electron chi connectivity index (χ1n) is 7.69. The zero-order chi connectivity index (χ0) is 13.9. The highest BCUT2D eigenvalue weighted by Crippen LogP contribution is 2.45. The molecule has 5 heteroatoms. The first kappa shape index (κ1) is 15.3. The molecule has 0 saturated heterocycles. The number of primary sulfonamides is 1. The van der Waals surface area contributed by atoms with Crippen LogP contribution in [0.2, 0.25) is 0 Å². The minimum atomic E-state index is -3.47. The van der Waals surface area contributed by atoms with Crippen molar-refractivity contribution in [2.24, 2.45) is 11.1 Å². The lowest BCUT2D eigenvalue weighted by Crippen LogP contribution is -2.50. The van der Waals surface area contributed by atoms with E-state index in [0.29, 0.717) is 6.04 Å². The van der Waals surface area contributed by atoms with Crippen LogP contribution < -0.4 is 10.5 Å². The van der Waals surface area contributed by atoms with E-state index in [1.165, 1.54) is 6.42 Å². The van der Waals surface area contributed by atoms with Gasteiger partial charge in [0, 0.05) is 6.04 Å². The van der Waals surface area contributed by atoms with Crippen LogP contribution in [0.4, 0.5) is 0 Å². The molecule has 0 spiro atoms. The number of rotatable bonds is 3. The van der Waals surface area contributed by atoms with Gasteiger partial charge < -0.3 is 5.32 Å². The molecule has 0 heterocycles. The SMILES string of the molecule is CNC1CCCC(C2CCCCC2)(S(N)(=O)=O)CC1. The van der Waals surface area contributed by atoms with Gasteiger partial charge >= 0.3 is 0 Å². The lowest BCUT2D eigenvalue weighted by molar-refractivity contribution is 0.244. The zero-order valence-corrected chi connectivity index (χ0v) is 12.8. The molecule has 0 radical (unpaired) electrons. The van der Waals surface area contributed by atoms with Crippen molar-refractivity contribution in [1.82, 2.24) is 5.32 Å². The summed E-state index contributed by atoms with van der Waals surface area (Å²) in [5.41, 5.74) is 0. The van der Waals surface area contributed by atoms with Crippen molar-refractivity contribution in [3.05, 3.63) is 0 Å². The average molecular weight is 288 g/mol. The van der Waals surface area contributed by atoms with E-state index in [1.54, 1.807) is 0 Å². The molecule has 0 aromatic heterocycles. The topological polar surface area (TPSA) is 72.2 Å². The normalized spacial score (nSPS) is 34.9. The first-order chi connectivity index (χ1) is 8.99. The summed E-state index contributed by atoms with van der Waals surface area (Å²) in [6, 6.07) is 0.451. The Morgan fingerprint density at radius 2 is 1.68 bits per heavy atom. The van der Waals surface area contributed by atoms with Gasteiger partial charge in [-0.15, -0.1) is 0 Å². The highest BCUT2D eigenvalue weighted by atomic mass is 32.2. The van der Waals surface area contributed by atoms with Gasteiger partial charge in [-0.1, -0.05) is 25.7 Å². The molecule has 3 N–H and O–H groups in total. The number of sulfonamides is 1. The molecule has 4 nitrogen and oxygen atoms in total. The summed E-state index contributed by atoms with van der Waals surface area (Å²) in [6.07, 6.45) is 10.1. The Kier molecular flexibility index (Phi) is 4.90. The minimum absolute atomic E-state index is 0.284. The van der Waals surface area contributed by atoms with E-state index in [9.17, 15) is 8.42 Å². The maximum Gasteiger partial charge on any atom is 0.215 e. The third kappa shape index (κ3) is 3.14. The maximum atomic E-state index is 12.3. The van der Waals surface area contributed by atoms with Gasteiger partial charge in [-0.3, -0.25) is 0 Å². The minimum Gasteiger partial charge on any atom is -0.317 e. The monoisotopic (exact) mass is 288 g/mol. The summed E-state index contributed by atoms with van der Waals surface area (Å²) in [5.74, 6) is 0.284. The third-order valence-electron chi connectivity index (χ3n) is 5.39. The van der Waals surface area contributed by atoms with Crippen molar-refractivity contribution in [1.29, 1.82) is 0 Å². The Balaban J connectivity index is 2.24. The Hall–Kier alpha value is -0.130. The Morgan fingerprint density at radius 1 is 1.00 bits per heavy atom. The zero-order valence-electron chi connectivity index (χ0n) is 12.0. The number of nitrogens with two attached hydrogens (primary N) is 1. The maximum absolute atomic E-state index is 12.3. The lowest BCUT2D eigenvalue weighted by atomic mass is 9.76. The van der Waals surface area contributed by atoms with E-state index in [2.05, 4.69) is 5.32 Å². The van der Waals surface area contributed by atoms with Crippen molar-refractivity contribution in [3.63, 3.8) is 0 Å². The van der Waals surface area contributed by atoms with Gasteiger partial charge in [0.1, 0.15) is 0 Å². The highest BCUT2D eigenvalue weighted by Gasteiger charge is 2.48. The Labute approximate surface area is 117 Å². The molecule has 0 aromatic carbocycles. The fraction of sp³-hybridized carbons (Fsp3) is 1.00. The summed E-state index contributed by atoms with van der Waals surface area (Å²) in [6.45, 7) is 0. The molecule has 112 valence electrons. The summed E-state index contributed by atoms with van der Waals surface area (Å²) in [5, 5.41) is 8.98.